The number of aromatic carboxylic acids is 1. The molecule has 2 rings (SSSR count). The number of carbonyl (C=O) groups is 2. The van der Waals surface area contributed by atoms with Gasteiger partial charge in [0.05, 0.1) is 5.69 Å². The highest BCUT2D eigenvalue weighted by Crippen LogP contribution is 2.25. The minimum Gasteiger partial charge on any atom is -0.478 e. The molecule has 0 spiro atoms. The van der Waals surface area contributed by atoms with E-state index in [9.17, 15) is 14.0 Å². The first-order valence-corrected chi connectivity index (χ1v) is 6.92. The molecule has 2 N–H and O–H groups in total. The van der Waals surface area contributed by atoms with Crippen LogP contribution in [0.25, 0.3) is 0 Å². The molecule has 0 radical (unpaired) electrons. The number of hydrogen-bond acceptors (Lipinski definition) is 2. The van der Waals surface area contributed by atoms with Crippen LogP contribution in [-0.4, -0.2) is 17.0 Å². The van der Waals surface area contributed by atoms with Gasteiger partial charge in [0.25, 0.3) is 0 Å². The van der Waals surface area contributed by atoms with Crippen molar-refractivity contribution in [2.24, 2.45) is 5.92 Å². The molecule has 0 unspecified atom stereocenters. The van der Waals surface area contributed by atoms with E-state index in [1.54, 1.807) is 0 Å². The number of carbonyl (C=O) groups excluding carboxylic acids is 1. The lowest BCUT2D eigenvalue weighted by molar-refractivity contribution is -0.120. The van der Waals surface area contributed by atoms with Gasteiger partial charge in [0.1, 0.15) is 11.4 Å². The van der Waals surface area contributed by atoms with Gasteiger partial charge in [-0.2, -0.15) is 0 Å². The smallest absolute Gasteiger partial charge is 0.340 e. The van der Waals surface area contributed by atoms with E-state index in [1.807, 2.05) is 0 Å². The number of carboxylic acids is 1. The molecule has 1 saturated carbocycles. The Labute approximate surface area is 117 Å². The van der Waals surface area contributed by atoms with Gasteiger partial charge >= 0.3 is 5.97 Å². The number of anilines is 1. The Bertz CT molecular complexity index is 508. The zero-order valence-electron chi connectivity index (χ0n) is 11.2. The van der Waals surface area contributed by atoms with Crippen molar-refractivity contribution in [3.63, 3.8) is 0 Å². The van der Waals surface area contributed by atoms with Crippen molar-refractivity contribution in [2.45, 2.75) is 38.5 Å². The molecular weight excluding hydrogens is 261 g/mol. The van der Waals surface area contributed by atoms with E-state index in [0.717, 1.165) is 44.6 Å². The fraction of sp³-hybridized carbons (Fsp3) is 0.467. The molecule has 1 aromatic rings. The molecule has 1 fully saturated rings. The predicted molar refractivity (Wildman–Crippen MR) is 73.2 cm³/mol. The largest absolute Gasteiger partial charge is 0.478 e. The van der Waals surface area contributed by atoms with Crippen LogP contribution in [0.5, 0.6) is 0 Å². The Balaban J connectivity index is 2.15. The molecule has 0 atom stereocenters. The van der Waals surface area contributed by atoms with Crippen molar-refractivity contribution in [1.29, 1.82) is 0 Å². The van der Waals surface area contributed by atoms with Crippen LogP contribution in [0.4, 0.5) is 10.1 Å². The van der Waals surface area contributed by atoms with Crippen LogP contribution in [0.1, 0.15) is 48.9 Å². The van der Waals surface area contributed by atoms with Gasteiger partial charge in [-0.15, -0.1) is 0 Å². The van der Waals surface area contributed by atoms with Crippen molar-refractivity contribution in [2.75, 3.05) is 5.32 Å². The van der Waals surface area contributed by atoms with Gasteiger partial charge in [-0.25, -0.2) is 9.18 Å². The minimum absolute atomic E-state index is 0.0340. The third kappa shape index (κ3) is 3.35. The Morgan fingerprint density at radius 1 is 1.15 bits per heavy atom. The van der Waals surface area contributed by atoms with Gasteiger partial charge in [-0.3, -0.25) is 4.79 Å². The van der Waals surface area contributed by atoms with Crippen molar-refractivity contribution in [3.8, 4) is 0 Å². The molecule has 1 aliphatic carbocycles. The van der Waals surface area contributed by atoms with Crippen LogP contribution in [0.2, 0.25) is 0 Å². The van der Waals surface area contributed by atoms with Gasteiger partial charge in [-0.05, 0) is 25.0 Å². The molecule has 1 amide bonds. The SMILES string of the molecule is O=C(O)c1c(F)cccc1NC(=O)C1CCCCCC1. The van der Waals surface area contributed by atoms with E-state index >= 15 is 0 Å². The van der Waals surface area contributed by atoms with Crippen molar-refractivity contribution in [3.05, 3.63) is 29.6 Å². The topological polar surface area (TPSA) is 66.4 Å². The monoisotopic (exact) mass is 279 g/mol. The van der Waals surface area contributed by atoms with Crippen LogP contribution in [0.3, 0.4) is 0 Å². The molecule has 0 aliphatic heterocycles. The van der Waals surface area contributed by atoms with Gasteiger partial charge in [0.15, 0.2) is 0 Å². The molecule has 5 heteroatoms. The second-order valence-electron chi connectivity index (χ2n) is 5.15. The van der Waals surface area contributed by atoms with Crippen molar-refractivity contribution in [1.82, 2.24) is 0 Å². The number of benzene rings is 1. The summed E-state index contributed by atoms with van der Waals surface area (Å²) < 4.78 is 13.5. The Morgan fingerprint density at radius 3 is 2.40 bits per heavy atom. The summed E-state index contributed by atoms with van der Waals surface area (Å²) in [7, 11) is 0. The maximum atomic E-state index is 13.5. The molecule has 20 heavy (non-hydrogen) atoms. The van der Waals surface area contributed by atoms with Crippen LogP contribution >= 0.6 is 0 Å². The van der Waals surface area contributed by atoms with Gasteiger partial charge < -0.3 is 10.4 Å². The van der Waals surface area contributed by atoms with Crippen LogP contribution in [0.15, 0.2) is 18.2 Å². The highest BCUT2D eigenvalue weighted by atomic mass is 19.1. The van der Waals surface area contributed by atoms with E-state index in [1.165, 1.54) is 12.1 Å². The fourth-order valence-corrected chi connectivity index (χ4v) is 2.62. The summed E-state index contributed by atoms with van der Waals surface area (Å²) in [5.74, 6) is -2.53. The number of rotatable bonds is 3. The van der Waals surface area contributed by atoms with Gasteiger partial charge in [-0.1, -0.05) is 31.7 Å². The molecule has 0 heterocycles. The highest BCUT2D eigenvalue weighted by Gasteiger charge is 2.23. The molecule has 0 bridgehead atoms. The van der Waals surface area contributed by atoms with E-state index < -0.39 is 17.3 Å². The zero-order chi connectivity index (χ0) is 14.5. The standard InChI is InChI=1S/C15H18FNO3/c16-11-8-5-9-12(13(11)15(19)20)17-14(18)10-6-3-1-2-4-7-10/h5,8-10H,1-4,6-7H2,(H,17,18)(H,19,20). The third-order valence-corrected chi connectivity index (χ3v) is 3.71. The summed E-state index contributed by atoms with van der Waals surface area (Å²) in [5, 5.41) is 11.6. The first-order valence-electron chi connectivity index (χ1n) is 6.92. The Hall–Kier alpha value is -1.91. The number of amides is 1. The summed E-state index contributed by atoms with van der Waals surface area (Å²) in [6.07, 6.45) is 5.89. The van der Waals surface area contributed by atoms with Gasteiger partial charge in [0, 0.05) is 5.92 Å². The van der Waals surface area contributed by atoms with E-state index in [4.69, 9.17) is 5.11 Å². The predicted octanol–water partition coefficient (Wildman–Crippen LogP) is 3.43. The van der Waals surface area contributed by atoms with E-state index in [0.29, 0.717) is 0 Å². The summed E-state index contributed by atoms with van der Waals surface area (Å²) in [6.45, 7) is 0. The normalized spacial score (nSPS) is 16.4. The quantitative estimate of drug-likeness (QED) is 0.833. The summed E-state index contributed by atoms with van der Waals surface area (Å²) in [4.78, 5) is 23.2. The molecule has 0 aromatic heterocycles. The van der Waals surface area contributed by atoms with Crippen molar-refractivity contribution < 1.29 is 19.1 Å². The maximum absolute atomic E-state index is 13.5. The van der Waals surface area contributed by atoms with Crippen LogP contribution < -0.4 is 5.32 Å². The van der Waals surface area contributed by atoms with E-state index in [-0.39, 0.29) is 17.5 Å². The molecule has 0 saturated heterocycles. The first-order chi connectivity index (χ1) is 9.59. The minimum atomic E-state index is -1.38. The van der Waals surface area contributed by atoms with Gasteiger partial charge in [0.2, 0.25) is 5.91 Å². The number of carboxylic acid groups (broad SMARTS) is 1. The average molecular weight is 279 g/mol. The Morgan fingerprint density at radius 2 is 1.80 bits per heavy atom. The lowest BCUT2D eigenvalue weighted by atomic mass is 9.99. The summed E-state index contributed by atoms with van der Waals surface area (Å²) in [6, 6.07) is 3.89. The molecule has 4 nitrogen and oxygen atoms in total. The Kier molecular flexibility index (Phi) is 4.71. The summed E-state index contributed by atoms with van der Waals surface area (Å²) >= 11 is 0. The van der Waals surface area contributed by atoms with Crippen LogP contribution in [0, 0.1) is 11.7 Å². The molecule has 1 aliphatic rings. The van der Waals surface area contributed by atoms with Crippen LogP contribution in [-0.2, 0) is 4.79 Å². The number of halogens is 1. The average Bonchev–Trinajstić information content (AvgIpc) is 2.67. The lowest BCUT2D eigenvalue weighted by Gasteiger charge is -2.15. The highest BCUT2D eigenvalue weighted by molar-refractivity contribution is 6.01. The summed E-state index contributed by atoms with van der Waals surface area (Å²) in [5.41, 5.74) is -0.443. The van der Waals surface area contributed by atoms with Crippen molar-refractivity contribution >= 4 is 17.6 Å². The fourth-order valence-electron chi connectivity index (χ4n) is 2.62. The number of hydrogen-bond donors (Lipinski definition) is 2. The lowest BCUT2D eigenvalue weighted by Crippen LogP contribution is -2.23. The number of nitrogens with one attached hydrogen (secondary N) is 1. The molecule has 108 valence electrons. The first kappa shape index (κ1) is 14.5. The second-order valence-corrected chi connectivity index (χ2v) is 5.15. The molecular formula is C15H18FNO3. The zero-order valence-corrected chi connectivity index (χ0v) is 11.2. The second kappa shape index (κ2) is 6.50. The molecule has 1 aromatic carbocycles. The maximum Gasteiger partial charge on any atom is 0.340 e. The van der Waals surface area contributed by atoms with E-state index in [2.05, 4.69) is 5.32 Å². The third-order valence-electron chi connectivity index (χ3n) is 3.71.